The quantitative estimate of drug-likeness (QED) is 0.780. The van der Waals surface area contributed by atoms with Gasteiger partial charge in [0, 0.05) is 37.8 Å². The lowest BCUT2D eigenvalue weighted by atomic mass is 10.0. The second kappa shape index (κ2) is 8.36. The Labute approximate surface area is 152 Å². The normalized spacial score (nSPS) is 21.0. The molecule has 1 rings (SSSR count). The van der Waals surface area contributed by atoms with Gasteiger partial charge in [0.15, 0.2) is 0 Å². The fourth-order valence-electron chi connectivity index (χ4n) is 2.76. The molecule has 146 valence electrons. The van der Waals surface area contributed by atoms with E-state index in [0.717, 1.165) is 6.42 Å². The van der Waals surface area contributed by atoms with E-state index in [1.807, 2.05) is 48.5 Å². The lowest BCUT2D eigenvalue weighted by Gasteiger charge is -2.44. The average Bonchev–Trinajstić information content (AvgIpc) is 2.51. The number of nitrogens with one attached hydrogen (secondary N) is 1. The Balaban J connectivity index is 2.72. The number of piperazine rings is 1. The molecule has 0 aromatic carbocycles. The number of rotatable bonds is 5. The largest absolute Gasteiger partial charge is 0.444 e. The van der Waals surface area contributed by atoms with Gasteiger partial charge in [-0.1, -0.05) is 6.92 Å². The van der Waals surface area contributed by atoms with Crippen LogP contribution in [0.4, 0.5) is 4.79 Å². The Morgan fingerprint density at radius 3 is 2.32 bits per heavy atom. The molecular weight excluding hydrogens is 320 g/mol. The van der Waals surface area contributed by atoms with Gasteiger partial charge in [-0.3, -0.25) is 9.69 Å². The molecule has 2 unspecified atom stereocenters. The zero-order chi connectivity index (χ0) is 19.4. The van der Waals surface area contributed by atoms with Crippen molar-refractivity contribution in [1.82, 2.24) is 15.1 Å². The predicted octanol–water partition coefficient (Wildman–Crippen LogP) is 1.56. The van der Waals surface area contributed by atoms with Crippen LogP contribution in [-0.2, 0) is 9.53 Å². The number of amides is 2. The molecule has 7 nitrogen and oxygen atoms in total. The van der Waals surface area contributed by atoms with Crippen molar-refractivity contribution in [1.29, 1.82) is 0 Å². The fraction of sp³-hybridized carbons (Fsp3) is 0.889. The third-order valence-electron chi connectivity index (χ3n) is 4.67. The molecule has 1 aliphatic heterocycles. The monoisotopic (exact) mass is 356 g/mol. The van der Waals surface area contributed by atoms with Crippen molar-refractivity contribution in [3.05, 3.63) is 0 Å². The second-order valence-corrected chi connectivity index (χ2v) is 8.46. The van der Waals surface area contributed by atoms with Gasteiger partial charge in [0.05, 0.1) is 6.04 Å². The Kier molecular flexibility index (Phi) is 7.26. The molecule has 25 heavy (non-hydrogen) atoms. The summed E-state index contributed by atoms with van der Waals surface area (Å²) >= 11 is 0. The number of nitrogens with two attached hydrogens (primary N) is 1. The zero-order valence-electron chi connectivity index (χ0n) is 16.9. The lowest BCUT2D eigenvalue weighted by molar-refractivity contribution is -0.129. The molecule has 0 spiro atoms. The van der Waals surface area contributed by atoms with Crippen LogP contribution in [0.2, 0.25) is 0 Å². The first-order valence-corrected chi connectivity index (χ1v) is 9.16. The van der Waals surface area contributed by atoms with Gasteiger partial charge in [0.25, 0.3) is 0 Å². The molecular formula is C18H36N4O3. The smallest absolute Gasteiger partial charge is 0.410 e. The summed E-state index contributed by atoms with van der Waals surface area (Å²) in [6, 6.07) is -0.355. The van der Waals surface area contributed by atoms with E-state index in [1.54, 1.807) is 4.90 Å². The first kappa shape index (κ1) is 21.7. The molecule has 1 aliphatic rings. The van der Waals surface area contributed by atoms with E-state index in [4.69, 9.17) is 10.5 Å². The lowest BCUT2D eigenvalue weighted by Crippen LogP contribution is -2.63. The number of carbonyl (C=O) groups is 2. The number of hydrogen-bond donors (Lipinski definition) is 2. The first-order valence-electron chi connectivity index (χ1n) is 9.16. The highest BCUT2D eigenvalue weighted by Crippen LogP contribution is 2.17. The van der Waals surface area contributed by atoms with Crippen LogP contribution in [0.25, 0.3) is 0 Å². The number of nitrogens with zero attached hydrogens (tertiary/aromatic N) is 2. The van der Waals surface area contributed by atoms with Gasteiger partial charge in [-0.05, 0) is 48.0 Å². The molecule has 0 aromatic heterocycles. The summed E-state index contributed by atoms with van der Waals surface area (Å²) in [4.78, 5) is 28.6. The molecule has 0 aromatic rings. The molecule has 0 radical (unpaired) electrons. The molecule has 0 bridgehead atoms. The van der Waals surface area contributed by atoms with Crippen LogP contribution in [0.5, 0.6) is 0 Å². The van der Waals surface area contributed by atoms with Crippen molar-refractivity contribution in [2.24, 2.45) is 5.73 Å². The van der Waals surface area contributed by atoms with Crippen molar-refractivity contribution < 1.29 is 14.3 Å². The summed E-state index contributed by atoms with van der Waals surface area (Å²) in [5.41, 5.74) is 5.17. The Hall–Kier alpha value is -1.34. The molecule has 2 atom stereocenters. The van der Waals surface area contributed by atoms with Gasteiger partial charge in [-0.25, -0.2) is 4.79 Å². The van der Waals surface area contributed by atoms with Gasteiger partial charge in [0.1, 0.15) is 5.60 Å². The molecule has 3 N–H and O–H groups in total. The molecule has 0 saturated carbocycles. The van der Waals surface area contributed by atoms with Crippen LogP contribution < -0.4 is 11.1 Å². The highest BCUT2D eigenvalue weighted by Gasteiger charge is 2.36. The maximum absolute atomic E-state index is 12.6. The van der Waals surface area contributed by atoms with Crippen LogP contribution in [0.1, 0.15) is 54.9 Å². The van der Waals surface area contributed by atoms with E-state index in [9.17, 15) is 9.59 Å². The summed E-state index contributed by atoms with van der Waals surface area (Å²) in [6.45, 7) is 15.5. The van der Waals surface area contributed by atoms with E-state index in [2.05, 4.69) is 10.2 Å². The van der Waals surface area contributed by atoms with Gasteiger partial charge in [-0.2, -0.15) is 0 Å². The highest BCUT2D eigenvalue weighted by molar-refractivity contribution is 5.82. The molecule has 7 heteroatoms. The molecule has 2 amide bonds. The summed E-state index contributed by atoms with van der Waals surface area (Å²) in [5.74, 6) is -0.00369. The highest BCUT2D eigenvalue weighted by atomic mass is 16.6. The molecule has 1 saturated heterocycles. The minimum absolute atomic E-state index is 0.00369. The Bertz CT molecular complexity index is 473. The molecule has 0 aliphatic carbocycles. The SMILES string of the molecule is CCC(C)(C)NC(=O)C(C)N1CCN(C(=O)OC(C)(C)C)CC1CN. The Morgan fingerprint density at radius 1 is 1.24 bits per heavy atom. The van der Waals surface area contributed by atoms with Crippen LogP contribution in [0.15, 0.2) is 0 Å². The van der Waals surface area contributed by atoms with E-state index in [1.165, 1.54) is 0 Å². The predicted molar refractivity (Wildman–Crippen MR) is 99.3 cm³/mol. The van der Waals surface area contributed by atoms with Crippen molar-refractivity contribution in [2.75, 3.05) is 26.2 Å². The first-order chi connectivity index (χ1) is 11.4. The standard InChI is InChI=1S/C18H36N4O3/c1-8-18(6,7)20-15(23)13(2)22-10-9-21(12-14(22)11-19)16(24)25-17(3,4)5/h13-14H,8-12,19H2,1-7H3,(H,20,23). The van der Waals surface area contributed by atoms with Gasteiger partial charge in [-0.15, -0.1) is 0 Å². The summed E-state index contributed by atoms with van der Waals surface area (Å²) < 4.78 is 5.44. The maximum atomic E-state index is 12.6. The third-order valence-corrected chi connectivity index (χ3v) is 4.67. The van der Waals surface area contributed by atoms with E-state index < -0.39 is 5.60 Å². The topological polar surface area (TPSA) is 87.9 Å². The zero-order valence-corrected chi connectivity index (χ0v) is 16.9. The van der Waals surface area contributed by atoms with Gasteiger partial charge < -0.3 is 20.7 Å². The van der Waals surface area contributed by atoms with Crippen LogP contribution >= 0.6 is 0 Å². The fourth-order valence-corrected chi connectivity index (χ4v) is 2.76. The number of hydrogen-bond acceptors (Lipinski definition) is 5. The van der Waals surface area contributed by atoms with E-state index >= 15 is 0 Å². The summed E-state index contributed by atoms with van der Waals surface area (Å²) in [6.07, 6.45) is 0.535. The number of ether oxygens (including phenoxy) is 1. The van der Waals surface area contributed by atoms with Crippen molar-refractivity contribution >= 4 is 12.0 Å². The third kappa shape index (κ3) is 6.47. The minimum Gasteiger partial charge on any atom is -0.444 e. The molecule has 1 heterocycles. The van der Waals surface area contributed by atoms with Crippen molar-refractivity contribution in [3.8, 4) is 0 Å². The van der Waals surface area contributed by atoms with Crippen LogP contribution in [0.3, 0.4) is 0 Å². The van der Waals surface area contributed by atoms with Gasteiger partial charge >= 0.3 is 6.09 Å². The summed E-state index contributed by atoms with van der Waals surface area (Å²) in [7, 11) is 0. The summed E-state index contributed by atoms with van der Waals surface area (Å²) in [5, 5.41) is 3.09. The molecule has 1 fully saturated rings. The van der Waals surface area contributed by atoms with Gasteiger partial charge in [0.2, 0.25) is 5.91 Å². The van der Waals surface area contributed by atoms with E-state index in [0.29, 0.717) is 26.2 Å². The Morgan fingerprint density at radius 2 is 1.84 bits per heavy atom. The van der Waals surface area contributed by atoms with Crippen LogP contribution in [-0.4, -0.2) is 71.2 Å². The number of carbonyl (C=O) groups excluding carboxylic acids is 2. The van der Waals surface area contributed by atoms with Crippen molar-refractivity contribution in [3.63, 3.8) is 0 Å². The maximum Gasteiger partial charge on any atom is 0.410 e. The second-order valence-electron chi connectivity index (χ2n) is 8.46. The van der Waals surface area contributed by atoms with Crippen molar-refractivity contribution in [2.45, 2.75) is 78.1 Å². The minimum atomic E-state index is -0.522. The van der Waals surface area contributed by atoms with E-state index in [-0.39, 0.29) is 29.6 Å². The average molecular weight is 357 g/mol. The van der Waals surface area contributed by atoms with Crippen LogP contribution in [0, 0.1) is 0 Å².